The molecule has 0 aliphatic heterocycles. The zero-order valence-electron chi connectivity index (χ0n) is 13.5. The first-order chi connectivity index (χ1) is 11.0. The maximum atomic E-state index is 12.0. The second-order valence-corrected chi connectivity index (χ2v) is 5.89. The summed E-state index contributed by atoms with van der Waals surface area (Å²) < 4.78 is 0. The lowest BCUT2D eigenvalue weighted by Gasteiger charge is -2.09. The third kappa shape index (κ3) is 5.58. The van der Waals surface area contributed by atoms with Gasteiger partial charge in [0, 0.05) is 17.8 Å². The molecule has 0 radical (unpaired) electrons. The number of hydrogen-bond acceptors (Lipinski definition) is 2. The molecule has 120 valence electrons. The van der Waals surface area contributed by atoms with Crippen LogP contribution in [-0.2, 0) is 11.2 Å². The van der Waals surface area contributed by atoms with E-state index < -0.39 is 0 Å². The van der Waals surface area contributed by atoms with E-state index in [4.69, 9.17) is 0 Å². The molecule has 0 aliphatic rings. The van der Waals surface area contributed by atoms with Crippen LogP contribution in [0.1, 0.15) is 29.8 Å². The highest BCUT2D eigenvalue weighted by atomic mass is 16.2. The number of rotatable bonds is 6. The normalized spacial score (nSPS) is 10.4. The van der Waals surface area contributed by atoms with E-state index in [0.717, 1.165) is 5.56 Å². The fourth-order valence-electron chi connectivity index (χ4n) is 2.09. The van der Waals surface area contributed by atoms with Crippen LogP contribution in [0.3, 0.4) is 0 Å². The molecule has 23 heavy (non-hydrogen) atoms. The molecule has 0 aliphatic carbocycles. The van der Waals surface area contributed by atoms with Gasteiger partial charge >= 0.3 is 0 Å². The molecule has 0 heterocycles. The fraction of sp³-hybridized carbons (Fsp3) is 0.263. The molecule has 2 amide bonds. The van der Waals surface area contributed by atoms with Crippen LogP contribution in [0.4, 0.5) is 5.69 Å². The van der Waals surface area contributed by atoms with Crippen molar-refractivity contribution in [2.24, 2.45) is 5.92 Å². The molecule has 2 rings (SSSR count). The summed E-state index contributed by atoms with van der Waals surface area (Å²) in [6.45, 7) is 4.74. The highest BCUT2D eigenvalue weighted by molar-refractivity contribution is 5.96. The van der Waals surface area contributed by atoms with Crippen LogP contribution >= 0.6 is 0 Å². The second kappa shape index (κ2) is 8.13. The number of anilines is 1. The van der Waals surface area contributed by atoms with Crippen LogP contribution in [0.15, 0.2) is 54.6 Å². The van der Waals surface area contributed by atoms with E-state index in [1.165, 1.54) is 0 Å². The van der Waals surface area contributed by atoms with Crippen molar-refractivity contribution in [2.45, 2.75) is 20.3 Å². The first-order valence-corrected chi connectivity index (χ1v) is 7.76. The topological polar surface area (TPSA) is 58.2 Å². The van der Waals surface area contributed by atoms with Crippen molar-refractivity contribution in [2.75, 3.05) is 11.9 Å². The summed E-state index contributed by atoms with van der Waals surface area (Å²) >= 11 is 0. The Morgan fingerprint density at radius 1 is 0.957 bits per heavy atom. The van der Waals surface area contributed by atoms with E-state index in [9.17, 15) is 9.59 Å². The molecule has 0 aromatic heterocycles. The van der Waals surface area contributed by atoms with Gasteiger partial charge in [0.15, 0.2) is 0 Å². The summed E-state index contributed by atoms with van der Waals surface area (Å²) in [4.78, 5) is 23.9. The molecule has 0 bridgehead atoms. The van der Waals surface area contributed by atoms with Gasteiger partial charge in [0.1, 0.15) is 0 Å². The van der Waals surface area contributed by atoms with Gasteiger partial charge in [-0.1, -0.05) is 44.2 Å². The number of carbonyl (C=O) groups is 2. The summed E-state index contributed by atoms with van der Waals surface area (Å²) in [5, 5.41) is 5.70. The van der Waals surface area contributed by atoms with E-state index in [0.29, 0.717) is 30.1 Å². The van der Waals surface area contributed by atoms with E-state index >= 15 is 0 Å². The predicted molar refractivity (Wildman–Crippen MR) is 92.4 cm³/mol. The Balaban J connectivity index is 1.89. The van der Waals surface area contributed by atoms with Crippen LogP contribution in [0, 0.1) is 5.92 Å². The van der Waals surface area contributed by atoms with Gasteiger partial charge in [0.25, 0.3) is 5.91 Å². The van der Waals surface area contributed by atoms with Gasteiger partial charge in [-0.25, -0.2) is 0 Å². The highest BCUT2D eigenvalue weighted by Gasteiger charge is 2.07. The van der Waals surface area contributed by atoms with E-state index in [1.807, 2.05) is 44.2 Å². The molecular weight excluding hydrogens is 288 g/mol. The molecule has 0 fully saturated rings. The molecule has 0 unspecified atom stereocenters. The first kappa shape index (κ1) is 16.7. The smallest absolute Gasteiger partial charge is 0.251 e. The lowest BCUT2D eigenvalue weighted by atomic mass is 10.1. The van der Waals surface area contributed by atoms with Gasteiger partial charge in [0.2, 0.25) is 5.91 Å². The van der Waals surface area contributed by atoms with Crippen molar-refractivity contribution in [1.82, 2.24) is 5.32 Å². The summed E-state index contributed by atoms with van der Waals surface area (Å²) in [5.41, 5.74) is 2.24. The summed E-state index contributed by atoms with van der Waals surface area (Å²) in [6.07, 6.45) is 0.331. The van der Waals surface area contributed by atoms with Crippen molar-refractivity contribution in [3.63, 3.8) is 0 Å². The number of nitrogens with one attached hydrogen (secondary N) is 2. The molecule has 0 spiro atoms. The largest absolute Gasteiger partial charge is 0.352 e. The summed E-state index contributed by atoms with van der Waals surface area (Å²) in [7, 11) is 0. The third-order valence-corrected chi connectivity index (χ3v) is 3.31. The Morgan fingerprint density at radius 3 is 2.22 bits per heavy atom. The predicted octanol–water partition coefficient (Wildman–Crippen LogP) is 3.25. The van der Waals surface area contributed by atoms with Crippen LogP contribution in [-0.4, -0.2) is 18.4 Å². The third-order valence-electron chi connectivity index (χ3n) is 3.31. The lowest BCUT2D eigenvalue weighted by Crippen LogP contribution is -2.27. The number of amides is 2. The Kier molecular flexibility index (Phi) is 5.92. The van der Waals surface area contributed by atoms with Crippen LogP contribution in [0.25, 0.3) is 0 Å². The SMILES string of the molecule is CC(C)CNC(=O)c1ccc(NC(=O)Cc2ccccc2)cc1. The van der Waals surface area contributed by atoms with Crippen molar-refractivity contribution < 1.29 is 9.59 Å². The van der Waals surface area contributed by atoms with Crippen molar-refractivity contribution >= 4 is 17.5 Å². The van der Waals surface area contributed by atoms with Crippen molar-refractivity contribution in [3.05, 3.63) is 65.7 Å². The quantitative estimate of drug-likeness (QED) is 0.860. The fourth-order valence-corrected chi connectivity index (χ4v) is 2.09. The van der Waals surface area contributed by atoms with Crippen LogP contribution in [0.5, 0.6) is 0 Å². The zero-order chi connectivity index (χ0) is 16.7. The molecule has 2 N–H and O–H groups in total. The minimum Gasteiger partial charge on any atom is -0.352 e. The van der Waals surface area contributed by atoms with Gasteiger partial charge in [-0.15, -0.1) is 0 Å². The maximum Gasteiger partial charge on any atom is 0.251 e. The van der Waals surface area contributed by atoms with E-state index in [1.54, 1.807) is 24.3 Å². The molecule has 0 atom stereocenters. The van der Waals surface area contributed by atoms with E-state index in [2.05, 4.69) is 10.6 Å². The Bertz CT molecular complexity index is 649. The first-order valence-electron chi connectivity index (χ1n) is 7.76. The molecule has 4 nitrogen and oxygen atoms in total. The number of hydrogen-bond donors (Lipinski definition) is 2. The minimum atomic E-state index is -0.0964. The zero-order valence-corrected chi connectivity index (χ0v) is 13.5. The molecule has 2 aromatic carbocycles. The van der Waals surface area contributed by atoms with Crippen LogP contribution in [0.2, 0.25) is 0 Å². The second-order valence-electron chi connectivity index (χ2n) is 5.89. The standard InChI is InChI=1S/C19H22N2O2/c1-14(2)13-20-19(23)16-8-10-17(11-9-16)21-18(22)12-15-6-4-3-5-7-15/h3-11,14H,12-13H2,1-2H3,(H,20,23)(H,21,22). The Hall–Kier alpha value is -2.62. The molecule has 0 saturated carbocycles. The van der Waals surface area contributed by atoms with Gasteiger partial charge in [-0.2, -0.15) is 0 Å². The number of carbonyl (C=O) groups excluding carboxylic acids is 2. The average molecular weight is 310 g/mol. The Morgan fingerprint density at radius 2 is 1.61 bits per heavy atom. The van der Waals surface area contributed by atoms with Crippen LogP contribution < -0.4 is 10.6 Å². The molecular formula is C19H22N2O2. The summed E-state index contributed by atoms with van der Waals surface area (Å²) in [6, 6.07) is 16.5. The molecule has 4 heteroatoms. The van der Waals surface area contributed by atoms with Crippen molar-refractivity contribution in [1.29, 1.82) is 0 Å². The van der Waals surface area contributed by atoms with E-state index in [-0.39, 0.29) is 11.8 Å². The molecule has 2 aromatic rings. The van der Waals surface area contributed by atoms with Gasteiger partial charge in [-0.05, 0) is 35.7 Å². The van der Waals surface area contributed by atoms with Gasteiger partial charge < -0.3 is 10.6 Å². The summed E-state index contributed by atoms with van der Waals surface area (Å²) in [5.74, 6) is 0.240. The monoisotopic (exact) mass is 310 g/mol. The van der Waals surface area contributed by atoms with Crippen molar-refractivity contribution in [3.8, 4) is 0 Å². The average Bonchev–Trinajstić information content (AvgIpc) is 2.54. The lowest BCUT2D eigenvalue weighted by molar-refractivity contribution is -0.115. The maximum absolute atomic E-state index is 12.0. The minimum absolute atomic E-state index is 0.0757. The highest BCUT2D eigenvalue weighted by Crippen LogP contribution is 2.11. The molecule has 0 saturated heterocycles. The van der Waals surface area contributed by atoms with Gasteiger partial charge in [0.05, 0.1) is 6.42 Å². The number of benzene rings is 2. The van der Waals surface area contributed by atoms with Gasteiger partial charge in [-0.3, -0.25) is 9.59 Å². The Labute approximate surface area is 136 Å².